The number of rotatable bonds is 13. The second-order valence-electron chi connectivity index (χ2n) is 9.15. The number of benzene rings is 2. The summed E-state index contributed by atoms with van der Waals surface area (Å²) in [7, 11) is 0. The van der Waals surface area contributed by atoms with Gasteiger partial charge in [-0.25, -0.2) is 0 Å². The monoisotopic (exact) mass is 580 g/mol. The van der Waals surface area contributed by atoms with E-state index in [-0.39, 0.29) is 12.3 Å². The van der Waals surface area contributed by atoms with Crippen molar-refractivity contribution >= 4 is 52.4 Å². The van der Waals surface area contributed by atoms with Crippen LogP contribution in [0.1, 0.15) is 38.2 Å². The summed E-state index contributed by atoms with van der Waals surface area (Å²) in [5.41, 5.74) is 4.19. The van der Waals surface area contributed by atoms with E-state index in [1.165, 1.54) is 10.6 Å². The van der Waals surface area contributed by atoms with E-state index in [4.69, 9.17) is 26.7 Å². The average molecular weight is 581 g/mol. The van der Waals surface area contributed by atoms with E-state index in [2.05, 4.69) is 35.5 Å². The van der Waals surface area contributed by atoms with Gasteiger partial charge in [0.25, 0.3) is 5.91 Å². The summed E-state index contributed by atoms with van der Waals surface area (Å²) in [4.78, 5) is 37.1. The van der Waals surface area contributed by atoms with Crippen molar-refractivity contribution in [2.45, 2.75) is 37.5 Å². The number of carbonyl (C=O) groups is 2. The number of halogens is 1. The van der Waals surface area contributed by atoms with E-state index >= 15 is 0 Å². The van der Waals surface area contributed by atoms with E-state index in [0.29, 0.717) is 56.0 Å². The van der Waals surface area contributed by atoms with Crippen LogP contribution in [0.2, 0.25) is 5.02 Å². The minimum absolute atomic E-state index is 0.117. The molecule has 0 fully saturated rings. The molecular formula is C31H37ClN4O3S. The molecule has 1 amide bonds. The second kappa shape index (κ2) is 16.7. The molecule has 0 unspecified atom stereocenters. The average Bonchev–Trinajstić information content (AvgIpc) is 2.96. The van der Waals surface area contributed by atoms with Crippen molar-refractivity contribution in [3.05, 3.63) is 82.9 Å². The van der Waals surface area contributed by atoms with Crippen LogP contribution in [-0.4, -0.2) is 67.4 Å². The van der Waals surface area contributed by atoms with Crippen molar-refractivity contribution < 1.29 is 14.7 Å². The van der Waals surface area contributed by atoms with Crippen LogP contribution < -0.4 is 10.2 Å². The number of anilines is 1. The summed E-state index contributed by atoms with van der Waals surface area (Å²) in [5.74, 6) is -0.954. The number of likely N-dealkylation sites (N-methyl/N-ethyl adjacent to an activating group) is 1. The molecule has 1 heterocycles. The highest BCUT2D eigenvalue weighted by atomic mass is 35.5. The lowest BCUT2D eigenvalue weighted by atomic mass is 10.0. The number of carboxylic acid groups (broad SMARTS) is 1. The van der Waals surface area contributed by atoms with E-state index < -0.39 is 5.97 Å². The van der Waals surface area contributed by atoms with Gasteiger partial charge in [0.05, 0.1) is 30.2 Å². The molecule has 2 N–H and O–H groups in total. The highest BCUT2D eigenvalue weighted by molar-refractivity contribution is 7.98. The fourth-order valence-electron chi connectivity index (χ4n) is 4.36. The second-order valence-corrected chi connectivity index (χ2v) is 10.4. The number of para-hydroxylation sites is 1. The lowest BCUT2D eigenvalue weighted by Crippen LogP contribution is -2.35. The van der Waals surface area contributed by atoms with Crippen LogP contribution in [0.3, 0.4) is 0 Å². The third-order valence-electron chi connectivity index (χ3n) is 6.43. The van der Waals surface area contributed by atoms with Gasteiger partial charge in [-0.2, -0.15) is 0 Å². The molecule has 7 nitrogen and oxygen atoms in total. The molecule has 0 aliphatic carbocycles. The van der Waals surface area contributed by atoms with Gasteiger partial charge in [0.1, 0.15) is 0 Å². The number of nitrogens with zero attached hydrogens (tertiary/aromatic N) is 3. The first-order valence-corrected chi connectivity index (χ1v) is 15.1. The number of unbranched alkanes of at least 4 members (excludes halogenated alkanes) is 1. The molecule has 0 saturated heterocycles. The number of thioether (sulfide) groups is 1. The smallest absolute Gasteiger partial charge is 0.303 e. The minimum Gasteiger partial charge on any atom is -0.481 e. The summed E-state index contributed by atoms with van der Waals surface area (Å²) in [6, 6.07) is 15.8. The summed E-state index contributed by atoms with van der Waals surface area (Å²) >= 11 is 7.80. The third-order valence-corrected chi connectivity index (χ3v) is 7.46. The van der Waals surface area contributed by atoms with Gasteiger partial charge in [0.15, 0.2) is 0 Å². The zero-order chi connectivity index (χ0) is 28.7. The molecule has 9 heteroatoms. The number of hydrogen-bond donors (Lipinski definition) is 2. The fourth-order valence-corrected chi connectivity index (χ4v) is 5.11. The lowest BCUT2D eigenvalue weighted by molar-refractivity contribution is -0.137. The van der Waals surface area contributed by atoms with Crippen molar-refractivity contribution in [3.8, 4) is 0 Å². The number of carboxylic acids is 1. The van der Waals surface area contributed by atoms with Crippen LogP contribution in [0.25, 0.3) is 0 Å². The van der Waals surface area contributed by atoms with Crippen LogP contribution in [0, 0.1) is 0 Å². The first kappa shape index (κ1) is 31.2. The van der Waals surface area contributed by atoms with Gasteiger partial charge in [-0.1, -0.05) is 54.1 Å². The van der Waals surface area contributed by atoms with Crippen LogP contribution in [0.4, 0.5) is 5.69 Å². The molecule has 3 rings (SSSR count). The minimum atomic E-state index is -0.807. The van der Waals surface area contributed by atoms with Gasteiger partial charge >= 0.3 is 5.97 Å². The summed E-state index contributed by atoms with van der Waals surface area (Å²) in [6.07, 6.45) is 9.52. The lowest BCUT2D eigenvalue weighted by Gasteiger charge is -2.25. The Hall–Kier alpha value is -3.36. The Bertz CT molecular complexity index is 1270. The van der Waals surface area contributed by atoms with Crippen molar-refractivity contribution in [3.63, 3.8) is 0 Å². The Kier molecular flexibility index (Phi) is 13.0. The Balaban J connectivity index is 1.70. The quantitative estimate of drug-likeness (QED) is 0.221. The predicted molar refractivity (Wildman–Crippen MR) is 168 cm³/mol. The summed E-state index contributed by atoms with van der Waals surface area (Å²) < 4.78 is 0. The van der Waals surface area contributed by atoms with E-state index in [9.17, 15) is 9.59 Å². The zero-order valence-corrected chi connectivity index (χ0v) is 24.7. The molecule has 40 heavy (non-hydrogen) atoms. The zero-order valence-electron chi connectivity index (χ0n) is 23.1. The van der Waals surface area contributed by atoms with Gasteiger partial charge < -0.3 is 15.3 Å². The maximum atomic E-state index is 13.1. The Morgan fingerprint density at radius 2 is 1.85 bits per heavy atom. The molecule has 1 aliphatic heterocycles. The van der Waals surface area contributed by atoms with Gasteiger partial charge in [-0.15, -0.1) is 11.8 Å². The van der Waals surface area contributed by atoms with Crippen LogP contribution in [0.15, 0.2) is 87.2 Å². The largest absolute Gasteiger partial charge is 0.481 e. The molecule has 0 radical (unpaired) electrons. The van der Waals surface area contributed by atoms with Crippen molar-refractivity contribution in [2.24, 2.45) is 9.98 Å². The standard InChI is InChI=1S/C31H37ClN4O3S/c1-3-36(27-11-5-6-12-28(27)40-2)22-21-35-31(39)24-9-8-19-34-30(23-14-16-25(32)17-15-23)26(33-20-18-24)10-4-7-13-29(37)38/h5-6,8-9,11-12,14-18H,3-4,7,10,13,19-22H2,1-2H3,(H,35,39)(H,37,38)/b9-8-,24-18+,33-26-,34-30-. The molecule has 2 aromatic rings. The van der Waals surface area contributed by atoms with E-state index in [1.54, 1.807) is 17.8 Å². The van der Waals surface area contributed by atoms with E-state index in [0.717, 1.165) is 23.5 Å². The van der Waals surface area contributed by atoms with Crippen molar-refractivity contribution in [2.75, 3.05) is 43.9 Å². The highest BCUT2D eigenvalue weighted by Gasteiger charge is 2.14. The molecule has 2 aromatic carbocycles. The fraction of sp³-hybridized carbons (Fsp3) is 0.355. The molecule has 0 spiro atoms. The maximum Gasteiger partial charge on any atom is 0.303 e. The Labute approximate surface area is 246 Å². The number of carbonyl (C=O) groups excluding carboxylic acids is 1. The predicted octanol–water partition coefficient (Wildman–Crippen LogP) is 6.08. The molecule has 0 saturated carbocycles. The van der Waals surface area contributed by atoms with Gasteiger partial charge in [-0.3, -0.25) is 19.6 Å². The molecule has 0 atom stereocenters. The molecule has 0 bridgehead atoms. The number of aliphatic imine (C=N–C) groups is 2. The number of nitrogens with one attached hydrogen (secondary N) is 1. The number of hydrogen-bond acceptors (Lipinski definition) is 6. The first-order valence-electron chi connectivity index (χ1n) is 13.5. The molecule has 212 valence electrons. The van der Waals surface area contributed by atoms with Crippen molar-refractivity contribution in [1.82, 2.24) is 5.32 Å². The topological polar surface area (TPSA) is 94.4 Å². The van der Waals surface area contributed by atoms with Crippen LogP contribution >= 0.6 is 23.4 Å². The molecule has 1 aliphatic rings. The first-order chi connectivity index (χ1) is 19.4. The molecule has 0 aromatic heterocycles. The maximum absolute atomic E-state index is 13.1. The van der Waals surface area contributed by atoms with Crippen molar-refractivity contribution in [1.29, 1.82) is 0 Å². The Morgan fingerprint density at radius 3 is 2.58 bits per heavy atom. The van der Waals surface area contributed by atoms with Gasteiger partial charge in [0, 0.05) is 47.1 Å². The SMILES string of the molecule is CCN(CCNC(=O)C1=C/C/N=C(CCCCC(=O)O)\C(c2ccc(Cl)cc2)=N/C/C=C\1)c1ccccc1SC. The van der Waals surface area contributed by atoms with E-state index in [1.807, 2.05) is 48.6 Å². The summed E-state index contributed by atoms with van der Waals surface area (Å²) in [5, 5.41) is 12.7. The summed E-state index contributed by atoms with van der Waals surface area (Å²) in [6.45, 7) is 4.86. The third kappa shape index (κ3) is 9.68. The normalized spacial score (nSPS) is 18.3. The van der Waals surface area contributed by atoms with Gasteiger partial charge in [0.2, 0.25) is 0 Å². The van der Waals surface area contributed by atoms with Gasteiger partial charge in [-0.05, 0) is 56.7 Å². The highest BCUT2D eigenvalue weighted by Crippen LogP contribution is 2.28. The molecular weight excluding hydrogens is 544 g/mol. The van der Waals surface area contributed by atoms with Crippen LogP contribution in [-0.2, 0) is 9.59 Å². The number of aliphatic carboxylic acids is 1. The van der Waals surface area contributed by atoms with Crippen LogP contribution in [0.5, 0.6) is 0 Å². The number of amides is 1. The Morgan fingerprint density at radius 1 is 1.07 bits per heavy atom.